The van der Waals surface area contributed by atoms with E-state index in [-0.39, 0.29) is 11.7 Å². The van der Waals surface area contributed by atoms with Crippen LogP contribution in [0.25, 0.3) is 0 Å². The molecular formula is C25H24FN3O3S. The molecule has 0 unspecified atom stereocenters. The number of benzene rings is 2. The lowest BCUT2D eigenvalue weighted by Crippen LogP contribution is -2.22. The highest BCUT2D eigenvalue weighted by Crippen LogP contribution is 2.19. The summed E-state index contributed by atoms with van der Waals surface area (Å²) in [7, 11) is 1.62. The Labute approximate surface area is 195 Å². The summed E-state index contributed by atoms with van der Waals surface area (Å²) >= 11 is 1.53. The monoisotopic (exact) mass is 465 g/mol. The number of nitrogens with zero attached hydrogens (tertiary/aromatic N) is 2. The minimum Gasteiger partial charge on any atom is -0.486 e. The summed E-state index contributed by atoms with van der Waals surface area (Å²) in [4.78, 5) is 18.7. The van der Waals surface area contributed by atoms with Gasteiger partial charge in [-0.1, -0.05) is 12.1 Å². The van der Waals surface area contributed by atoms with Crippen molar-refractivity contribution in [1.29, 1.82) is 0 Å². The Morgan fingerprint density at radius 1 is 1.09 bits per heavy atom. The molecule has 0 aliphatic carbocycles. The highest BCUT2D eigenvalue weighted by atomic mass is 32.1. The molecule has 1 amide bonds. The zero-order chi connectivity index (χ0) is 23.0. The minimum atomic E-state index is -0.293. The van der Waals surface area contributed by atoms with Crippen molar-refractivity contribution in [3.63, 3.8) is 0 Å². The van der Waals surface area contributed by atoms with E-state index in [2.05, 4.69) is 10.2 Å². The molecule has 4 aromatic rings. The maximum atomic E-state index is 13.0. The predicted molar refractivity (Wildman–Crippen MR) is 124 cm³/mol. The molecule has 1 N–H and O–H groups in total. The van der Waals surface area contributed by atoms with E-state index in [1.807, 2.05) is 41.8 Å². The normalized spacial score (nSPS) is 11.0. The number of rotatable bonds is 10. The summed E-state index contributed by atoms with van der Waals surface area (Å²) < 4.78 is 24.3. The quantitative estimate of drug-likeness (QED) is 0.356. The second-order valence-electron chi connectivity index (χ2n) is 7.48. The largest absolute Gasteiger partial charge is 0.486 e. The van der Waals surface area contributed by atoms with Gasteiger partial charge in [-0.15, -0.1) is 11.3 Å². The van der Waals surface area contributed by atoms with Gasteiger partial charge in [0.25, 0.3) is 5.91 Å². The van der Waals surface area contributed by atoms with Crippen LogP contribution in [0, 0.1) is 5.82 Å². The molecule has 2 aromatic carbocycles. The van der Waals surface area contributed by atoms with Gasteiger partial charge in [0.15, 0.2) is 0 Å². The fourth-order valence-electron chi connectivity index (χ4n) is 3.35. The molecule has 0 saturated heterocycles. The van der Waals surface area contributed by atoms with E-state index in [1.54, 1.807) is 25.4 Å². The van der Waals surface area contributed by atoms with Gasteiger partial charge in [-0.05, 0) is 54.1 Å². The van der Waals surface area contributed by atoms with Crippen LogP contribution in [0.15, 0.2) is 76.7 Å². The number of hydrogen-bond acceptors (Lipinski definition) is 6. The fraction of sp³-hybridized carbons (Fsp3) is 0.200. The molecule has 0 saturated carbocycles. The van der Waals surface area contributed by atoms with Crippen molar-refractivity contribution in [2.24, 2.45) is 0 Å². The average Bonchev–Trinajstić information content (AvgIpc) is 3.51. The number of thiazole rings is 1. The van der Waals surface area contributed by atoms with Crippen molar-refractivity contribution in [3.05, 3.63) is 106 Å². The number of furan rings is 1. The van der Waals surface area contributed by atoms with Gasteiger partial charge in [-0.2, -0.15) is 0 Å². The molecule has 0 fully saturated rings. The van der Waals surface area contributed by atoms with E-state index < -0.39 is 0 Å². The van der Waals surface area contributed by atoms with E-state index in [4.69, 9.17) is 14.1 Å². The van der Waals surface area contributed by atoms with Crippen molar-refractivity contribution in [2.75, 3.05) is 7.05 Å². The Morgan fingerprint density at radius 3 is 2.58 bits per heavy atom. The van der Waals surface area contributed by atoms with Gasteiger partial charge in [-0.3, -0.25) is 9.69 Å². The topological polar surface area (TPSA) is 67.6 Å². The molecule has 0 aliphatic rings. The molecule has 4 rings (SSSR count). The van der Waals surface area contributed by atoms with Gasteiger partial charge in [0.2, 0.25) is 0 Å². The van der Waals surface area contributed by atoms with E-state index in [0.717, 1.165) is 22.0 Å². The molecule has 0 radical (unpaired) electrons. The van der Waals surface area contributed by atoms with Gasteiger partial charge in [0, 0.05) is 31.1 Å². The summed E-state index contributed by atoms with van der Waals surface area (Å²) in [5.74, 6) is 1.07. The first-order valence-electron chi connectivity index (χ1n) is 10.5. The van der Waals surface area contributed by atoms with Crippen LogP contribution in [0.4, 0.5) is 4.39 Å². The van der Waals surface area contributed by atoms with Crippen LogP contribution in [0.2, 0.25) is 0 Å². The van der Waals surface area contributed by atoms with Crippen molar-refractivity contribution in [1.82, 2.24) is 15.2 Å². The highest BCUT2D eigenvalue weighted by Gasteiger charge is 2.13. The first-order chi connectivity index (χ1) is 16.1. The average molecular weight is 466 g/mol. The number of carbonyl (C=O) groups is 1. The molecule has 33 heavy (non-hydrogen) atoms. The van der Waals surface area contributed by atoms with Gasteiger partial charge in [-0.25, -0.2) is 9.37 Å². The van der Waals surface area contributed by atoms with E-state index in [1.165, 1.54) is 23.5 Å². The summed E-state index contributed by atoms with van der Waals surface area (Å²) in [5, 5.41) is 5.50. The standard InChI is InChI=1S/C25H24FN3O3S/c1-27-25(30)19-6-4-18(5-7-19)13-29(15-23-3-2-12-31-23)14-21-17-33-24(28-21)16-32-22-10-8-20(26)9-11-22/h2-12,17H,13-16H2,1H3,(H,27,30). The lowest BCUT2D eigenvalue weighted by Gasteiger charge is -2.20. The molecule has 2 heterocycles. The van der Waals surface area contributed by atoms with Gasteiger partial charge < -0.3 is 14.5 Å². The van der Waals surface area contributed by atoms with Crippen LogP contribution in [0.5, 0.6) is 5.75 Å². The van der Waals surface area contributed by atoms with Crippen LogP contribution >= 0.6 is 11.3 Å². The Balaban J connectivity index is 1.41. The van der Waals surface area contributed by atoms with Crippen LogP contribution in [0.3, 0.4) is 0 Å². The predicted octanol–water partition coefficient (Wildman–Crippen LogP) is 5.02. The van der Waals surface area contributed by atoms with Crippen LogP contribution in [-0.4, -0.2) is 22.8 Å². The van der Waals surface area contributed by atoms with Gasteiger partial charge >= 0.3 is 0 Å². The number of amides is 1. The van der Waals surface area contributed by atoms with Crippen LogP contribution in [0.1, 0.15) is 32.4 Å². The lowest BCUT2D eigenvalue weighted by atomic mass is 10.1. The third-order valence-corrected chi connectivity index (χ3v) is 5.84. The molecule has 0 atom stereocenters. The molecule has 170 valence electrons. The van der Waals surface area contributed by atoms with Crippen LogP contribution < -0.4 is 10.1 Å². The summed E-state index contributed by atoms with van der Waals surface area (Å²) in [6.07, 6.45) is 1.67. The van der Waals surface area contributed by atoms with Crippen molar-refractivity contribution in [2.45, 2.75) is 26.2 Å². The SMILES string of the molecule is CNC(=O)c1ccc(CN(Cc2csc(COc3ccc(F)cc3)n2)Cc2ccco2)cc1. The summed E-state index contributed by atoms with van der Waals surface area (Å²) in [6, 6.07) is 17.3. The third kappa shape index (κ3) is 6.50. The van der Waals surface area contributed by atoms with E-state index in [0.29, 0.717) is 37.6 Å². The molecule has 0 bridgehead atoms. The molecular weight excluding hydrogens is 441 g/mol. The second kappa shape index (κ2) is 10.9. The third-order valence-electron chi connectivity index (χ3n) is 4.97. The van der Waals surface area contributed by atoms with Crippen molar-refractivity contribution >= 4 is 17.2 Å². The molecule has 0 spiro atoms. The second-order valence-corrected chi connectivity index (χ2v) is 8.42. The minimum absolute atomic E-state index is 0.105. The smallest absolute Gasteiger partial charge is 0.251 e. The molecule has 6 nitrogen and oxygen atoms in total. The molecule has 0 aliphatic heterocycles. The van der Waals surface area contributed by atoms with Crippen molar-refractivity contribution in [3.8, 4) is 5.75 Å². The Hall–Kier alpha value is -3.49. The summed E-state index contributed by atoms with van der Waals surface area (Å²) in [6.45, 7) is 2.26. The van der Waals surface area contributed by atoms with E-state index in [9.17, 15) is 9.18 Å². The Morgan fingerprint density at radius 2 is 1.88 bits per heavy atom. The Bertz CT molecular complexity index is 1160. The van der Waals surface area contributed by atoms with Gasteiger partial charge in [0.1, 0.15) is 28.9 Å². The number of halogens is 1. The fourth-order valence-corrected chi connectivity index (χ4v) is 4.04. The summed E-state index contributed by atoms with van der Waals surface area (Å²) in [5.41, 5.74) is 2.65. The number of nitrogens with one attached hydrogen (secondary N) is 1. The highest BCUT2D eigenvalue weighted by molar-refractivity contribution is 7.09. The van der Waals surface area contributed by atoms with Crippen molar-refractivity contribution < 1.29 is 18.3 Å². The molecule has 2 aromatic heterocycles. The number of carbonyl (C=O) groups excluding carboxylic acids is 1. The Kier molecular flexibility index (Phi) is 7.49. The van der Waals surface area contributed by atoms with E-state index >= 15 is 0 Å². The molecule has 8 heteroatoms. The zero-order valence-electron chi connectivity index (χ0n) is 18.2. The lowest BCUT2D eigenvalue weighted by molar-refractivity contribution is 0.0963. The van der Waals surface area contributed by atoms with Gasteiger partial charge in [0.05, 0.1) is 18.5 Å². The zero-order valence-corrected chi connectivity index (χ0v) is 19.0. The number of hydrogen-bond donors (Lipinski definition) is 1. The maximum Gasteiger partial charge on any atom is 0.251 e. The van der Waals surface area contributed by atoms with Crippen LogP contribution in [-0.2, 0) is 26.2 Å². The first-order valence-corrected chi connectivity index (χ1v) is 11.3. The first kappa shape index (κ1) is 22.7. The maximum absolute atomic E-state index is 13.0. The number of ether oxygens (including phenoxy) is 1. The number of aromatic nitrogens is 1.